The minimum atomic E-state index is -4.20. The Morgan fingerprint density at radius 2 is 1.20 bits per heavy atom. The van der Waals surface area contributed by atoms with Gasteiger partial charge in [0.2, 0.25) is 0 Å². The lowest BCUT2D eigenvalue weighted by Gasteiger charge is -2.37. The molecule has 0 spiro atoms. The molecule has 0 heterocycles. The quantitative estimate of drug-likeness (QED) is 0.140. The zero-order valence-electron chi connectivity index (χ0n) is 24.4. The molecule has 0 bridgehead atoms. The van der Waals surface area contributed by atoms with Crippen LogP contribution in [-0.4, -0.2) is 41.1 Å². The lowest BCUT2D eigenvalue weighted by atomic mass is 10.2. The molecular weight excluding hydrogens is 525 g/mol. The van der Waals surface area contributed by atoms with Crippen LogP contribution in [-0.2, 0) is 9.30 Å². The zero-order valence-corrected chi connectivity index (χ0v) is 25.2. The standard InChI is InChI=1S/C31H40N3O5P/c1-24(2)34(25(3)4)29(23-33(26-17-11-8-12-18-26)30(35)37-31(5,6)7)32-40(36,38-27-19-13-9-14-20-27)39-28-21-15-10-16-22-28/h8-22,24-25H,23H2,1-7H3/b32-29-. The van der Waals surface area contributed by atoms with Crippen LogP contribution in [0.5, 0.6) is 11.5 Å². The summed E-state index contributed by atoms with van der Waals surface area (Å²) < 4.78 is 36.8. The van der Waals surface area contributed by atoms with Gasteiger partial charge < -0.3 is 18.7 Å². The van der Waals surface area contributed by atoms with Crippen LogP contribution in [0.1, 0.15) is 48.5 Å². The average molecular weight is 566 g/mol. The number of hydrogen-bond donors (Lipinski definition) is 0. The van der Waals surface area contributed by atoms with Gasteiger partial charge in [-0.3, -0.25) is 4.90 Å². The second kappa shape index (κ2) is 13.5. The number of benzene rings is 3. The van der Waals surface area contributed by atoms with Crippen molar-refractivity contribution in [1.82, 2.24) is 4.90 Å². The Bertz CT molecular complexity index is 1240. The van der Waals surface area contributed by atoms with Crippen molar-refractivity contribution in [3.8, 4) is 11.5 Å². The van der Waals surface area contributed by atoms with Gasteiger partial charge >= 0.3 is 13.8 Å². The molecule has 8 nitrogen and oxygen atoms in total. The number of rotatable bonds is 10. The molecule has 0 saturated carbocycles. The molecule has 214 valence electrons. The smallest absolute Gasteiger partial charge is 0.443 e. The molecule has 40 heavy (non-hydrogen) atoms. The van der Waals surface area contributed by atoms with E-state index in [1.54, 1.807) is 48.5 Å². The molecule has 0 radical (unpaired) electrons. The number of hydrogen-bond acceptors (Lipinski definition) is 5. The molecule has 0 atom stereocenters. The van der Waals surface area contributed by atoms with Gasteiger partial charge in [0, 0.05) is 17.8 Å². The van der Waals surface area contributed by atoms with E-state index in [0.717, 1.165) is 0 Å². The Morgan fingerprint density at radius 3 is 1.60 bits per heavy atom. The van der Waals surface area contributed by atoms with Crippen LogP contribution < -0.4 is 13.9 Å². The van der Waals surface area contributed by atoms with Gasteiger partial charge in [0.15, 0.2) is 0 Å². The van der Waals surface area contributed by atoms with Crippen molar-refractivity contribution in [3.63, 3.8) is 0 Å². The predicted molar refractivity (Wildman–Crippen MR) is 161 cm³/mol. The average Bonchev–Trinajstić information content (AvgIpc) is 2.87. The van der Waals surface area contributed by atoms with Crippen molar-refractivity contribution in [3.05, 3.63) is 91.0 Å². The van der Waals surface area contributed by atoms with Crippen molar-refractivity contribution in [2.45, 2.75) is 66.2 Å². The van der Waals surface area contributed by atoms with E-state index in [1.165, 1.54) is 4.90 Å². The van der Waals surface area contributed by atoms with Gasteiger partial charge in [0.25, 0.3) is 0 Å². The number of nitrogens with zero attached hydrogens (tertiary/aromatic N) is 3. The number of carbonyl (C=O) groups is 1. The van der Waals surface area contributed by atoms with E-state index in [9.17, 15) is 9.36 Å². The fourth-order valence-corrected chi connectivity index (χ4v) is 5.46. The first kappa shape index (κ1) is 30.8. The third kappa shape index (κ3) is 9.16. The highest BCUT2D eigenvalue weighted by Crippen LogP contribution is 2.50. The minimum Gasteiger partial charge on any atom is -0.443 e. The number of para-hydroxylation sites is 3. The summed E-state index contributed by atoms with van der Waals surface area (Å²) in [6.45, 7) is 13.4. The molecule has 3 rings (SSSR count). The van der Waals surface area contributed by atoms with Gasteiger partial charge in [-0.25, -0.2) is 9.36 Å². The molecular formula is C31H40N3O5P. The summed E-state index contributed by atoms with van der Waals surface area (Å²) in [5.41, 5.74) is -0.112. The summed E-state index contributed by atoms with van der Waals surface area (Å²) in [6, 6.07) is 26.6. The number of carbonyl (C=O) groups excluding carboxylic acids is 1. The highest BCUT2D eigenvalue weighted by molar-refractivity contribution is 7.53. The summed E-state index contributed by atoms with van der Waals surface area (Å²) >= 11 is 0. The number of amidine groups is 1. The zero-order chi connectivity index (χ0) is 29.3. The van der Waals surface area contributed by atoms with Crippen molar-refractivity contribution >= 4 is 25.4 Å². The number of amides is 1. The van der Waals surface area contributed by atoms with E-state index >= 15 is 0 Å². The fourth-order valence-electron chi connectivity index (χ4n) is 4.11. The summed E-state index contributed by atoms with van der Waals surface area (Å²) in [4.78, 5) is 17.0. The Kier molecular flexibility index (Phi) is 10.4. The Morgan fingerprint density at radius 1 is 0.775 bits per heavy atom. The highest BCUT2D eigenvalue weighted by atomic mass is 31.2. The monoisotopic (exact) mass is 565 g/mol. The molecule has 0 saturated heterocycles. The van der Waals surface area contributed by atoms with Crippen LogP contribution >= 0.6 is 7.75 Å². The summed E-state index contributed by atoms with van der Waals surface area (Å²) in [6.07, 6.45) is -0.554. The van der Waals surface area contributed by atoms with E-state index < -0.39 is 19.4 Å². The first-order chi connectivity index (χ1) is 18.9. The topological polar surface area (TPSA) is 80.7 Å². The Balaban J connectivity index is 2.16. The van der Waals surface area contributed by atoms with Gasteiger partial charge in [-0.15, -0.1) is 4.76 Å². The number of ether oxygens (including phenoxy) is 1. The maximum atomic E-state index is 14.4. The Hall–Kier alpha value is -3.77. The van der Waals surface area contributed by atoms with Crippen LogP contribution in [0.15, 0.2) is 95.8 Å². The summed E-state index contributed by atoms with van der Waals surface area (Å²) in [5, 5.41) is 0. The lowest BCUT2D eigenvalue weighted by molar-refractivity contribution is 0.0584. The molecule has 0 N–H and O–H groups in total. The van der Waals surface area contributed by atoms with Gasteiger partial charge in [0.05, 0.1) is 6.54 Å². The molecule has 1 amide bonds. The van der Waals surface area contributed by atoms with E-state index in [-0.39, 0.29) is 18.6 Å². The molecule has 0 aliphatic heterocycles. The third-order valence-corrected chi connectivity index (χ3v) is 6.92. The Labute approximate surface area is 238 Å². The van der Waals surface area contributed by atoms with Gasteiger partial charge in [-0.2, -0.15) is 0 Å². The highest BCUT2D eigenvalue weighted by Gasteiger charge is 2.34. The maximum absolute atomic E-state index is 14.4. The second-order valence-corrected chi connectivity index (χ2v) is 12.3. The molecule has 0 aliphatic rings. The van der Waals surface area contributed by atoms with E-state index in [0.29, 0.717) is 23.0 Å². The van der Waals surface area contributed by atoms with Gasteiger partial charge in [-0.05, 0) is 84.9 Å². The predicted octanol–water partition coefficient (Wildman–Crippen LogP) is 8.21. The van der Waals surface area contributed by atoms with E-state index in [2.05, 4.69) is 4.76 Å². The SMILES string of the molecule is CC(C)N(/C(CN(C(=O)OC(C)(C)C)c1ccccc1)=N\P(=O)(Oc1ccccc1)Oc1ccccc1)C(C)C. The van der Waals surface area contributed by atoms with Crippen LogP contribution in [0.2, 0.25) is 0 Å². The minimum absolute atomic E-state index is 0.0322. The van der Waals surface area contributed by atoms with Crippen molar-refractivity contribution in [2.75, 3.05) is 11.4 Å². The van der Waals surface area contributed by atoms with E-state index in [4.69, 9.17) is 13.8 Å². The van der Waals surface area contributed by atoms with Crippen LogP contribution in [0.25, 0.3) is 0 Å². The van der Waals surface area contributed by atoms with Gasteiger partial charge in [-0.1, -0.05) is 54.6 Å². The third-order valence-electron chi connectivity index (χ3n) is 5.56. The maximum Gasteiger partial charge on any atom is 0.565 e. The van der Waals surface area contributed by atoms with Gasteiger partial charge in [0.1, 0.15) is 22.9 Å². The lowest BCUT2D eigenvalue weighted by Crippen LogP contribution is -2.49. The first-order valence-electron chi connectivity index (χ1n) is 13.4. The summed E-state index contributed by atoms with van der Waals surface area (Å²) in [5.74, 6) is 1.05. The molecule has 0 unspecified atom stereocenters. The van der Waals surface area contributed by atoms with Crippen molar-refractivity contribution in [2.24, 2.45) is 4.76 Å². The van der Waals surface area contributed by atoms with Crippen LogP contribution in [0.3, 0.4) is 0 Å². The van der Waals surface area contributed by atoms with Crippen molar-refractivity contribution in [1.29, 1.82) is 0 Å². The molecule has 0 fully saturated rings. The normalized spacial score (nSPS) is 12.3. The first-order valence-corrected chi connectivity index (χ1v) is 14.9. The molecule has 3 aromatic rings. The van der Waals surface area contributed by atoms with Crippen LogP contribution in [0.4, 0.5) is 10.5 Å². The fraction of sp³-hybridized carbons (Fsp3) is 0.355. The molecule has 0 aromatic heterocycles. The largest absolute Gasteiger partial charge is 0.565 e. The second-order valence-electron chi connectivity index (χ2n) is 10.8. The summed E-state index contributed by atoms with van der Waals surface area (Å²) in [7, 11) is -4.20. The number of anilines is 1. The van der Waals surface area contributed by atoms with Crippen molar-refractivity contribution < 1.29 is 23.1 Å². The molecule has 9 heteroatoms. The molecule has 0 aliphatic carbocycles. The van der Waals surface area contributed by atoms with Crippen LogP contribution in [0, 0.1) is 0 Å². The van der Waals surface area contributed by atoms with E-state index in [1.807, 2.05) is 95.8 Å². The molecule has 3 aromatic carbocycles.